The molecule has 0 aliphatic rings. The summed E-state index contributed by atoms with van der Waals surface area (Å²) in [5, 5.41) is 9.23. The van der Waals surface area contributed by atoms with E-state index in [9.17, 15) is 14.7 Å². The quantitative estimate of drug-likeness (QED) is 0.596. The van der Waals surface area contributed by atoms with Gasteiger partial charge in [-0.2, -0.15) is 0 Å². The molecule has 1 aromatic rings. The highest BCUT2D eigenvalue weighted by atomic mass is 16.4. The molecule has 0 bridgehead atoms. The summed E-state index contributed by atoms with van der Waals surface area (Å²) in [6.07, 6.45) is 7.06. The zero-order chi connectivity index (χ0) is 16.7. The first kappa shape index (κ1) is 18.1. The lowest BCUT2D eigenvalue weighted by atomic mass is 9.93. The van der Waals surface area contributed by atoms with Crippen LogP contribution in [0.4, 0.5) is 0 Å². The zero-order valence-corrected chi connectivity index (χ0v) is 13.9. The molecular weight excluding hydrogens is 278 g/mol. The SMILES string of the molecule is CCCCCCC=NC(=O)c1cc(C)c(C(=O)O)c(C)c1C. The number of aromatic carboxylic acids is 1. The molecule has 0 fully saturated rings. The van der Waals surface area contributed by atoms with Gasteiger partial charge in [0.15, 0.2) is 0 Å². The first-order chi connectivity index (χ1) is 10.4. The predicted molar refractivity (Wildman–Crippen MR) is 89.2 cm³/mol. The van der Waals surface area contributed by atoms with Gasteiger partial charge in [-0.15, -0.1) is 0 Å². The number of carboxylic acids is 1. The van der Waals surface area contributed by atoms with E-state index < -0.39 is 5.97 Å². The van der Waals surface area contributed by atoms with E-state index in [-0.39, 0.29) is 11.5 Å². The lowest BCUT2D eigenvalue weighted by Gasteiger charge is -2.12. The number of carbonyl (C=O) groups excluding carboxylic acids is 1. The molecule has 22 heavy (non-hydrogen) atoms. The Hall–Kier alpha value is -1.97. The van der Waals surface area contributed by atoms with E-state index in [1.165, 1.54) is 12.8 Å². The Bertz CT molecular complexity index is 588. The Balaban J connectivity index is 2.87. The fourth-order valence-corrected chi connectivity index (χ4v) is 2.51. The van der Waals surface area contributed by atoms with Gasteiger partial charge in [0.1, 0.15) is 0 Å². The minimum Gasteiger partial charge on any atom is -0.478 e. The minimum atomic E-state index is -0.962. The average molecular weight is 303 g/mol. The molecule has 1 N–H and O–H groups in total. The van der Waals surface area contributed by atoms with Crippen LogP contribution in [0.5, 0.6) is 0 Å². The Morgan fingerprint density at radius 1 is 1.14 bits per heavy atom. The van der Waals surface area contributed by atoms with Crippen LogP contribution in [0.1, 0.15) is 76.4 Å². The summed E-state index contributed by atoms with van der Waals surface area (Å²) in [6, 6.07) is 1.63. The van der Waals surface area contributed by atoms with Crippen molar-refractivity contribution in [2.75, 3.05) is 0 Å². The summed E-state index contributed by atoms with van der Waals surface area (Å²) in [5.74, 6) is -1.26. The third-order valence-corrected chi connectivity index (χ3v) is 3.94. The van der Waals surface area contributed by atoms with Gasteiger partial charge in [0.05, 0.1) is 5.56 Å². The van der Waals surface area contributed by atoms with E-state index in [0.717, 1.165) is 19.3 Å². The number of aryl methyl sites for hydroxylation is 1. The second-order valence-electron chi connectivity index (χ2n) is 5.64. The number of aliphatic imine (C=N–C) groups is 1. The molecule has 0 radical (unpaired) electrons. The Morgan fingerprint density at radius 3 is 2.41 bits per heavy atom. The zero-order valence-electron chi connectivity index (χ0n) is 13.9. The van der Waals surface area contributed by atoms with Gasteiger partial charge in [0.25, 0.3) is 5.91 Å². The maximum atomic E-state index is 12.2. The van der Waals surface area contributed by atoms with Crippen molar-refractivity contribution in [3.8, 4) is 0 Å². The van der Waals surface area contributed by atoms with Gasteiger partial charge in [0, 0.05) is 11.8 Å². The highest BCUT2D eigenvalue weighted by molar-refractivity contribution is 6.02. The van der Waals surface area contributed by atoms with Crippen LogP contribution in [0.15, 0.2) is 11.1 Å². The number of carboxylic acid groups (broad SMARTS) is 1. The maximum absolute atomic E-state index is 12.2. The fraction of sp³-hybridized carbons (Fsp3) is 0.500. The van der Waals surface area contributed by atoms with E-state index in [2.05, 4.69) is 11.9 Å². The number of benzene rings is 1. The maximum Gasteiger partial charge on any atom is 0.336 e. The molecule has 4 nitrogen and oxygen atoms in total. The van der Waals surface area contributed by atoms with Crippen LogP contribution in [0.2, 0.25) is 0 Å². The number of rotatable bonds is 7. The van der Waals surface area contributed by atoms with Gasteiger partial charge in [-0.05, 0) is 56.4 Å². The van der Waals surface area contributed by atoms with E-state index in [1.807, 2.05) is 0 Å². The molecule has 0 spiro atoms. The first-order valence-electron chi connectivity index (χ1n) is 7.81. The molecule has 0 unspecified atom stereocenters. The standard InChI is InChI=1S/C18H25NO3/c1-5-6-7-8-9-10-19-17(20)15-11-12(2)16(18(21)22)14(4)13(15)3/h10-11H,5-9H2,1-4H3,(H,21,22). The predicted octanol–water partition coefficient (Wildman–Crippen LogP) is 4.49. The smallest absolute Gasteiger partial charge is 0.336 e. The molecule has 1 rings (SSSR count). The second-order valence-corrected chi connectivity index (χ2v) is 5.64. The van der Waals surface area contributed by atoms with Crippen LogP contribution in [0, 0.1) is 20.8 Å². The Kier molecular flexibility index (Phi) is 6.96. The monoisotopic (exact) mass is 303 g/mol. The normalized spacial score (nSPS) is 11.1. The second kappa shape index (κ2) is 8.47. The van der Waals surface area contributed by atoms with Gasteiger partial charge < -0.3 is 5.11 Å². The number of nitrogens with zero attached hydrogens (tertiary/aromatic N) is 1. The number of carbonyl (C=O) groups is 2. The minimum absolute atomic E-state index is 0.276. The van der Waals surface area contributed by atoms with Crippen molar-refractivity contribution < 1.29 is 14.7 Å². The van der Waals surface area contributed by atoms with Crippen molar-refractivity contribution in [2.45, 2.75) is 59.8 Å². The third kappa shape index (κ3) is 4.52. The lowest BCUT2D eigenvalue weighted by molar-refractivity contribution is 0.0694. The van der Waals surface area contributed by atoms with Gasteiger partial charge in [-0.3, -0.25) is 4.79 Å². The van der Waals surface area contributed by atoms with Crippen molar-refractivity contribution in [3.05, 3.63) is 33.9 Å². The van der Waals surface area contributed by atoms with E-state index in [4.69, 9.17) is 0 Å². The molecule has 0 heterocycles. The van der Waals surface area contributed by atoms with Gasteiger partial charge in [-0.25, -0.2) is 9.79 Å². The molecule has 1 amide bonds. The van der Waals surface area contributed by atoms with E-state index >= 15 is 0 Å². The van der Waals surface area contributed by atoms with Crippen LogP contribution in [0.3, 0.4) is 0 Å². The summed E-state index contributed by atoms with van der Waals surface area (Å²) in [5.41, 5.74) is 2.68. The van der Waals surface area contributed by atoms with Crippen molar-refractivity contribution in [1.29, 1.82) is 0 Å². The molecule has 1 aromatic carbocycles. The first-order valence-corrected chi connectivity index (χ1v) is 7.81. The van der Waals surface area contributed by atoms with Gasteiger partial charge in [-0.1, -0.05) is 26.2 Å². The average Bonchev–Trinajstić information content (AvgIpc) is 2.46. The van der Waals surface area contributed by atoms with Gasteiger partial charge >= 0.3 is 5.97 Å². The molecule has 120 valence electrons. The molecule has 0 aromatic heterocycles. The number of unbranched alkanes of at least 4 members (excludes halogenated alkanes) is 4. The highest BCUT2D eigenvalue weighted by Crippen LogP contribution is 2.22. The van der Waals surface area contributed by atoms with E-state index in [0.29, 0.717) is 22.3 Å². The topological polar surface area (TPSA) is 66.7 Å². The summed E-state index contributed by atoms with van der Waals surface area (Å²) >= 11 is 0. The number of hydrogen-bond acceptors (Lipinski definition) is 2. The molecule has 0 saturated heterocycles. The van der Waals surface area contributed by atoms with Crippen LogP contribution < -0.4 is 0 Å². The van der Waals surface area contributed by atoms with E-state index in [1.54, 1.807) is 33.1 Å². The van der Waals surface area contributed by atoms with Gasteiger partial charge in [0.2, 0.25) is 0 Å². The Labute approximate surface area is 132 Å². The Morgan fingerprint density at radius 2 is 1.82 bits per heavy atom. The van der Waals surface area contributed by atoms with Crippen molar-refractivity contribution >= 4 is 18.1 Å². The van der Waals surface area contributed by atoms with Crippen LogP contribution in [0.25, 0.3) is 0 Å². The summed E-state index contributed by atoms with van der Waals surface area (Å²) in [4.78, 5) is 27.5. The molecule has 4 heteroatoms. The largest absolute Gasteiger partial charge is 0.478 e. The van der Waals surface area contributed by atoms with Crippen molar-refractivity contribution in [3.63, 3.8) is 0 Å². The van der Waals surface area contributed by atoms with Crippen LogP contribution in [-0.2, 0) is 0 Å². The molecule has 0 saturated carbocycles. The van der Waals surface area contributed by atoms with Crippen molar-refractivity contribution in [2.24, 2.45) is 4.99 Å². The lowest BCUT2D eigenvalue weighted by Crippen LogP contribution is -2.09. The molecule has 0 atom stereocenters. The number of hydrogen-bond donors (Lipinski definition) is 1. The number of amides is 1. The molecular formula is C18H25NO3. The third-order valence-electron chi connectivity index (χ3n) is 3.94. The van der Waals surface area contributed by atoms with Crippen LogP contribution >= 0.6 is 0 Å². The fourth-order valence-electron chi connectivity index (χ4n) is 2.51. The summed E-state index contributed by atoms with van der Waals surface area (Å²) in [6.45, 7) is 7.37. The molecule has 0 aliphatic carbocycles. The summed E-state index contributed by atoms with van der Waals surface area (Å²) in [7, 11) is 0. The molecule has 0 aliphatic heterocycles. The van der Waals surface area contributed by atoms with Crippen LogP contribution in [-0.4, -0.2) is 23.2 Å². The van der Waals surface area contributed by atoms with Crippen molar-refractivity contribution in [1.82, 2.24) is 0 Å². The highest BCUT2D eigenvalue weighted by Gasteiger charge is 2.18. The summed E-state index contributed by atoms with van der Waals surface area (Å²) < 4.78 is 0.